The molecule has 2 aromatic rings. The van der Waals surface area contributed by atoms with E-state index in [0.29, 0.717) is 31.1 Å². The van der Waals surface area contributed by atoms with Crippen molar-refractivity contribution in [2.75, 3.05) is 26.8 Å². The Balaban J connectivity index is 2.21. The Labute approximate surface area is 141 Å². The quantitative estimate of drug-likeness (QED) is 0.717. The topological polar surface area (TPSA) is 84.7 Å². The fourth-order valence-corrected chi connectivity index (χ4v) is 2.27. The highest BCUT2D eigenvalue weighted by molar-refractivity contribution is 6.02. The first-order valence-electron chi connectivity index (χ1n) is 8.07. The molecule has 0 saturated carbocycles. The number of methoxy groups -OCH3 is 1. The smallest absolute Gasteiger partial charge is 0.287 e. The largest absolute Gasteiger partial charge is 0.383 e. The van der Waals surface area contributed by atoms with Crippen LogP contribution in [0.5, 0.6) is 0 Å². The molecule has 0 bridgehead atoms. The van der Waals surface area contributed by atoms with Gasteiger partial charge in [0, 0.05) is 26.4 Å². The fourth-order valence-electron chi connectivity index (χ4n) is 2.27. The fraction of sp³-hybridized carbons (Fsp3) is 0.471. The molecule has 0 aliphatic carbocycles. The number of hydrogen-bond donors (Lipinski definition) is 2. The number of nitrogens with zero attached hydrogens (tertiary/aromatic N) is 2. The van der Waals surface area contributed by atoms with Gasteiger partial charge >= 0.3 is 0 Å². The first-order chi connectivity index (χ1) is 11.5. The molecule has 0 radical (unpaired) electrons. The lowest BCUT2D eigenvalue weighted by atomic mass is 10.1. The van der Waals surface area contributed by atoms with E-state index in [1.54, 1.807) is 29.8 Å². The van der Waals surface area contributed by atoms with Crippen LogP contribution in [0.3, 0.4) is 0 Å². The molecule has 0 spiro atoms. The Hall–Kier alpha value is -2.41. The molecule has 7 heteroatoms. The zero-order valence-corrected chi connectivity index (χ0v) is 14.3. The van der Waals surface area contributed by atoms with Gasteiger partial charge in [-0.2, -0.15) is 0 Å². The van der Waals surface area contributed by atoms with E-state index in [1.165, 1.54) is 0 Å². The molecule has 0 aliphatic rings. The summed E-state index contributed by atoms with van der Waals surface area (Å²) in [5.41, 5.74) is 0.868. The van der Waals surface area contributed by atoms with Crippen LogP contribution < -0.4 is 10.6 Å². The van der Waals surface area contributed by atoms with Gasteiger partial charge in [-0.15, -0.1) is 0 Å². The van der Waals surface area contributed by atoms with Gasteiger partial charge in [0.2, 0.25) is 5.82 Å². The van der Waals surface area contributed by atoms with Crippen LogP contribution in [-0.4, -0.2) is 48.0 Å². The van der Waals surface area contributed by atoms with Crippen LogP contribution in [0.2, 0.25) is 0 Å². The molecule has 0 fully saturated rings. The lowest BCUT2D eigenvalue weighted by Gasteiger charge is -2.05. The summed E-state index contributed by atoms with van der Waals surface area (Å²) in [6.07, 6.45) is 2.61. The predicted molar refractivity (Wildman–Crippen MR) is 91.2 cm³/mol. The standard InChI is InChI=1S/C17H24N4O3/c1-12(2)7-8-18-16(22)14-13-6-4-5-10-21(13)15(20-14)17(23)19-9-11-24-3/h4-6,10,12H,7-9,11H2,1-3H3,(H,18,22)(H,19,23). The summed E-state index contributed by atoms with van der Waals surface area (Å²) in [5.74, 6) is 0.0895. The highest BCUT2D eigenvalue weighted by atomic mass is 16.5. The number of imidazole rings is 1. The Morgan fingerprint density at radius 3 is 2.67 bits per heavy atom. The Kier molecular flexibility index (Phi) is 6.31. The van der Waals surface area contributed by atoms with E-state index < -0.39 is 0 Å². The van der Waals surface area contributed by atoms with Gasteiger partial charge in [0.05, 0.1) is 12.1 Å². The van der Waals surface area contributed by atoms with E-state index >= 15 is 0 Å². The number of ether oxygens (including phenoxy) is 1. The maximum atomic E-state index is 12.4. The second kappa shape index (κ2) is 8.44. The number of amides is 2. The number of carbonyl (C=O) groups excluding carboxylic acids is 2. The van der Waals surface area contributed by atoms with Gasteiger partial charge in [-0.3, -0.25) is 14.0 Å². The van der Waals surface area contributed by atoms with Crippen molar-refractivity contribution in [2.24, 2.45) is 5.92 Å². The molecule has 0 saturated heterocycles. The summed E-state index contributed by atoms with van der Waals surface area (Å²) < 4.78 is 6.54. The van der Waals surface area contributed by atoms with Crippen molar-refractivity contribution in [1.29, 1.82) is 0 Å². The van der Waals surface area contributed by atoms with Gasteiger partial charge in [-0.25, -0.2) is 4.98 Å². The van der Waals surface area contributed by atoms with E-state index in [-0.39, 0.29) is 23.3 Å². The van der Waals surface area contributed by atoms with E-state index in [0.717, 1.165) is 6.42 Å². The molecule has 130 valence electrons. The van der Waals surface area contributed by atoms with Gasteiger partial charge in [0.15, 0.2) is 5.69 Å². The first kappa shape index (κ1) is 17.9. The maximum Gasteiger partial charge on any atom is 0.287 e. The zero-order valence-electron chi connectivity index (χ0n) is 14.3. The number of pyridine rings is 1. The van der Waals surface area contributed by atoms with Crippen molar-refractivity contribution in [3.8, 4) is 0 Å². The van der Waals surface area contributed by atoms with Crippen molar-refractivity contribution < 1.29 is 14.3 Å². The minimum absolute atomic E-state index is 0.190. The molecule has 0 aromatic carbocycles. The maximum absolute atomic E-state index is 12.4. The molecular weight excluding hydrogens is 308 g/mol. The van der Waals surface area contributed by atoms with E-state index in [9.17, 15) is 9.59 Å². The number of carbonyl (C=O) groups is 2. The monoisotopic (exact) mass is 332 g/mol. The average Bonchev–Trinajstić information content (AvgIpc) is 2.94. The minimum atomic E-state index is -0.338. The van der Waals surface area contributed by atoms with Crippen LogP contribution in [0.1, 0.15) is 41.4 Å². The van der Waals surface area contributed by atoms with E-state index in [1.807, 2.05) is 6.07 Å². The summed E-state index contributed by atoms with van der Waals surface area (Å²) >= 11 is 0. The first-order valence-corrected chi connectivity index (χ1v) is 8.07. The molecule has 0 atom stereocenters. The van der Waals surface area contributed by atoms with Crippen LogP contribution >= 0.6 is 0 Å². The lowest BCUT2D eigenvalue weighted by molar-refractivity contribution is 0.0926. The molecule has 2 N–H and O–H groups in total. The van der Waals surface area contributed by atoms with Crippen molar-refractivity contribution in [2.45, 2.75) is 20.3 Å². The predicted octanol–water partition coefficient (Wildman–Crippen LogP) is 1.49. The van der Waals surface area contributed by atoms with Gasteiger partial charge in [0.25, 0.3) is 11.8 Å². The molecule has 0 aliphatic heterocycles. The van der Waals surface area contributed by atoms with Gasteiger partial charge < -0.3 is 15.4 Å². The van der Waals surface area contributed by atoms with Crippen LogP contribution in [0.4, 0.5) is 0 Å². The average molecular weight is 332 g/mol. The molecule has 24 heavy (non-hydrogen) atoms. The number of hydrogen-bond acceptors (Lipinski definition) is 4. The van der Waals surface area contributed by atoms with Crippen LogP contribution in [0.15, 0.2) is 24.4 Å². The van der Waals surface area contributed by atoms with Gasteiger partial charge in [0.1, 0.15) is 0 Å². The van der Waals surface area contributed by atoms with Gasteiger partial charge in [-0.1, -0.05) is 19.9 Å². The van der Waals surface area contributed by atoms with Crippen LogP contribution in [0.25, 0.3) is 5.52 Å². The van der Waals surface area contributed by atoms with E-state index in [4.69, 9.17) is 4.74 Å². The van der Waals surface area contributed by atoms with Crippen molar-refractivity contribution in [1.82, 2.24) is 20.0 Å². The number of aromatic nitrogens is 2. The Morgan fingerprint density at radius 1 is 1.21 bits per heavy atom. The molecule has 2 heterocycles. The Morgan fingerprint density at radius 2 is 1.96 bits per heavy atom. The molecule has 2 amide bonds. The molecular formula is C17H24N4O3. The summed E-state index contributed by atoms with van der Waals surface area (Å²) in [5, 5.41) is 5.58. The summed E-state index contributed by atoms with van der Waals surface area (Å²) in [6.45, 7) is 5.57. The van der Waals surface area contributed by atoms with Gasteiger partial charge in [-0.05, 0) is 24.5 Å². The second-order valence-corrected chi connectivity index (χ2v) is 5.93. The zero-order chi connectivity index (χ0) is 17.5. The lowest BCUT2D eigenvalue weighted by Crippen LogP contribution is -2.29. The summed E-state index contributed by atoms with van der Waals surface area (Å²) in [4.78, 5) is 29.0. The normalized spacial score (nSPS) is 11.0. The highest BCUT2D eigenvalue weighted by Crippen LogP contribution is 2.13. The second-order valence-electron chi connectivity index (χ2n) is 5.93. The number of fused-ring (bicyclic) bond motifs is 1. The molecule has 7 nitrogen and oxygen atoms in total. The highest BCUT2D eigenvalue weighted by Gasteiger charge is 2.20. The van der Waals surface area contributed by atoms with Crippen molar-refractivity contribution in [3.63, 3.8) is 0 Å². The molecule has 2 aromatic heterocycles. The van der Waals surface area contributed by atoms with Crippen LogP contribution in [-0.2, 0) is 4.74 Å². The van der Waals surface area contributed by atoms with E-state index in [2.05, 4.69) is 29.5 Å². The number of nitrogens with one attached hydrogen (secondary N) is 2. The van der Waals surface area contributed by atoms with Crippen molar-refractivity contribution >= 4 is 17.3 Å². The third-order valence-electron chi connectivity index (χ3n) is 3.57. The minimum Gasteiger partial charge on any atom is -0.383 e. The molecule has 0 unspecified atom stereocenters. The summed E-state index contributed by atoms with van der Waals surface area (Å²) in [6, 6.07) is 5.38. The third-order valence-corrected chi connectivity index (χ3v) is 3.57. The number of rotatable bonds is 8. The Bertz CT molecular complexity index is 709. The molecule has 2 rings (SSSR count). The third kappa shape index (κ3) is 4.32. The van der Waals surface area contributed by atoms with Crippen LogP contribution in [0, 0.1) is 5.92 Å². The van der Waals surface area contributed by atoms with Crippen molar-refractivity contribution in [3.05, 3.63) is 35.9 Å². The summed E-state index contributed by atoms with van der Waals surface area (Å²) in [7, 11) is 1.57. The SMILES string of the molecule is COCCNC(=O)c1nc(C(=O)NCCC(C)C)c2ccccn12.